The molecule has 1 aliphatic carbocycles. The fourth-order valence-corrected chi connectivity index (χ4v) is 5.07. The zero-order chi connectivity index (χ0) is 29.9. The van der Waals surface area contributed by atoms with Crippen LogP contribution in [0.2, 0.25) is 0 Å². The fourth-order valence-electron chi connectivity index (χ4n) is 5.07. The Morgan fingerprint density at radius 1 is 0.850 bits per heavy atom. The molecule has 0 radical (unpaired) electrons. The van der Waals surface area contributed by atoms with Crippen molar-refractivity contribution in [3.63, 3.8) is 0 Å². The Morgan fingerprint density at radius 2 is 1.45 bits per heavy atom. The van der Waals surface area contributed by atoms with Crippen LogP contribution in [0.15, 0.2) is 0 Å². The lowest BCUT2D eigenvalue weighted by Gasteiger charge is -2.49. The summed E-state index contributed by atoms with van der Waals surface area (Å²) in [6, 6.07) is -3.45. The largest absolute Gasteiger partial charge is 0.394 e. The van der Waals surface area contributed by atoms with Gasteiger partial charge in [-0.15, -0.1) is 0 Å². The highest BCUT2D eigenvalue weighted by atomic mass is 16.7. The topological polar surface area (TPSA) is 332 Å². The first kappa shape index (κ1) is 33.3. The van der Waals surface area contributed by atoms with Gasteiger partial charge in [-0.25, -0.2) is 0 Å². The maximum atomic E-state index is 12.6. The summed E-state index contributed by atoms with van der Waals surface area (Å²) in [7, 11) is 0. The summed E-state index contributed by atoms with van der Waals surface area (Å²) in [5.74, 6) is -0.845. The Kier molecular flexibility index (Phi) is 11.9. The van der Waals surface area contributed by atoms with Crippen molar-refractivity contribution in [1.82, 2.24) is 5.32 Å². The molecule has 0 bridgehead atoms. The lowest BCUT2D eigenvalue weighted by molar-refractivity contribution is -0.332. The number of nitrogens with one attached hydrogen (secondary N) is 1. The molecule has 0 aromatic carbocycles. The lowest BCUT2D eigenvalue weighted by Crippen LogP contribution is -2.69. The molecule has 18 nitrogen and oxygen atoms in total. The van der Waals surface area contributed by atoms with E-state index in [9.17, 15) is 45.6 Å². The second-order valence-electron chi connectivity index (χ2n) is 10.3. The number of ether oxygens (including phenoxy) is 4. The average molecular weight is 586 g/mol. The molecular formula is C22H43N5O13. The molecule has 2 aliphatic heterocycles. The van der Waals surface area contributed by atoms with E-state index in [0.717, 1.165) is 0 Å². The molecule has 16 atom stereocenters. The van der Waals surface area contributed by atoms with Crippen LogP contribution in [0.25, 0.3) is 0 Å². The zero-order valence-corrected chi connectivity index (χ0v) is 21.7. The second kappa shape index (κ2) is 14.3. The summed E-state index contributed by atoms with van der Waals surface area (Å²) in [4.78, 5) is 12.6. The van der Waals surface area contributed by atoms with Gasteiger partial charge in [0, 0.05) is 12.6 Å². The minimum atomic E-state index is -1.76. The molecule has 234 valence electrons. The highest BCUT2D eigenvalue weighted by Gasteiger charge is 2.52. The third-order valence-electron chi connectivity index (χ3n) is 7.51. The molecule has 1 amide bonds. The van der Waals surface area contributed by atoms with Gasteiger partial charge in [0.15, 0.2) is 12.6 Å². The predicted octanol–water partition coefficient (Wildman–Crippen LogP) is -8.42. The molecule has 0 aromatic rings. The molecule has 3 rings (SSSR count). The van der Waals surface area contributed by atoms with Crippen molar-refractivity contribution in [3.8, 4) is 0 Å². The van der Waals surface area contributed by atoms with Crippen molar-refractivity contribution < 1.29 is 64.6 Å². The van der Waals surface area contributed by atoms with Gasteiger partial charge in [-0.2, -0.15) is 0 Å². The monoisotopic (exact) mass is 585 g/mol. The van der Waals surface area contributed by atoms with E-state index in [-0.39, 0.29) is 25.9 Å². The molecular weight excluding hydrogens is 542 g/mol. The number of carbonyl (C=O) groups is 1. The number of aliphatic hydroxyl groups is 8. The Labute approximate surface area is 229 Å². The van der Waals surface area contributed by atoms with Crippen molar-refractivity contribution >= 4 is 5.91 Å². The van der Waals surface area contributed by atoms with E-state index in [1.165, 1.54) is 0 Å². The van der Waals surface area contributed by atoms with E-state index in [1.54, 1.807) is 0 Å². The Morgan fingerprint density at radius 3 is 2.05 bits per heavy atom. The van der Waals surface area contributed by atoms with E-state index in [0.29, 0.717) is 0 Å². The number of nitrogens with two attached hydrogens (primary N) is 4. The number of aliphatic hydroxyl groups excluding tert-OH is 8. The van der Waals surface area contributed by atoms with Gasteiger partial charge < -0.3 is 88.1 Å². The second-order valence-corrected chi connectivity index (χ2v) is 10.3. The van der Waals surface area contributed by atoms with Crippen molar-refractivity contribution in [2.24, 2.45) is 22.9 Å². The molecule has 3 fully saturated rings. The van der Waals surface area contributed by atoms with Crippen LogP contribution in [0, 0.1) is 0 Å². The van der Waals surface area contributed by atoms with Gasteiger partial charge in [-0.3, -0.25) is 4.79 Å². The van der Waals surface area contributed by atoms with Crippen LogP contribution in [0.1, 0.15) is 12.8 Å². The third kappa shape index (κ3) is 7.06. The number of hydrogen-bond donors (Lipinski definition) is 13. The maximum Gasteiger partial charge on any atom is 0.249 e. The summed E-state index contributed by atoms with van der Waals surface area (Å²) in [5.41, 5.74) is 23.1. The summed E-state index contributed by atoms with van der Waals surface area (Å²) in [5, 5.41) is 84.9. The van der Waals surface area contributed by atoms with E-state index < -0.39 is 110 Å². The Balaban J connectivity index is 1.85. The first-order valence-electron chi connectivity index (χ1n) is 13.1. The van der Waals surface area contributed by atoms with Crippen LogP contribution in [0.5, 0.6) is 0 Å². The highest BCUT2D eigenvalue weighted by Crippen LogP contribution is 2.32. The number of hydrogen-bond acceptors (Lipinski definition) is 17. The molecule has 0 spiro atoms. The lowest BCUT2D eigenvalue weighted by atomic mass is 9.83. The van der Waals surface area contributed by atoms with Gasteiger partial charge in [-0.05, 0) is 19.4 Å². The van der Waals surface area contributed by atoms with E-state index >= 15 is 0 Å². The summed E-state index contributed by atoms with van der Waals surface area (Å²) < 4.78 is 22.5. The summed E-state index contributed by atoms with van der Waals surface area (Å²) in [6.45, 7) is -0.898. The number of amides is 1. The molecule has 2 heterocycles. The highest BCUT2D eigenvalue weighted by molar-refractivity contribution is 5.80. The van der Waals surface area contributed by atoms with Crippen LogP contribution in [-0.4, -0.2) is 164 Å². The van der Waals surface area contributed by atoms with Crippen LogP contribution in [0.4, 0.5) is 0 Å². The first-order chi connectivity index (χ1) is 18.9. The van der Waals surface area contributed by atoms with Gasteiger partial charge in [0.25, 0.3) is 0 Å². The van der Waals surface area contributed by atoms with Gasteiger partial charge in [0.1, 0.15) is 67.1 Å². The van der Waals surface area contributed by atoms with Gasteiger partial charge >= 0.3 is 0 Å². The minimum Gasteiger partial charge on any atom is -0.394 e. The fraction of sp³-hybridized carbons (Fsp3) is 0.955. The van der Waals surface area contributed by atoms with Crippen molar-refractivity contribution in [3.05, 3.63) is 0 Å². The van der Waals surface area contributed by atoms with E-state index in [1.807, 2.05) is 0 Å². The maximum absolute atomic E-state index is 12.6. The smallest absolute Gasteiger partial charge is 0.249 e. The predicted molar refractivity (Wildman–Crippen MR) is 131 cm³/mol. The van der Waals surface area contributed by atoms with Crippen molar-refractivity contribution in [1.29, 1.82) is 0 Å². The van der Waals surface area contributed by atoms with E-state index in [4.69, 9.17) is 41.9 Å². The zero-order valence-electron chi connectivity index (χ0n) is 21.7. The Bertz CT molecular complexity index is 815. The Hall–Kier alpha value is -1.17. The van der Waals surface area contributed by atoms with Crippen molar-refractivity contribution in [2.75, 3.05) is 19.7 Å². The van der Waals surface area contributed by atoms with Gasteiger partial charge in [0.05, 0.1) is 18.7 Å². The molecule has 18 heteroatoms. The normalized spacial score (nSPS) is 47.0. The summed E-state index contributed by atoms with van der Waals surface area (Å²) >= 11 is 0. The minimum absolute atomic E-state index is 0.0101. The standard InChI is InChI=1S/C22H43N5O13/c23-2-1-8(29)20(36)27-7-3-6(25)18(39-22-16(34)15(33)13(31)9(4-24)37-22)17(35)19(7)40-21-14(32)11(26)12(30)10(5-28)38-21/h6-19,21-22,28-35H,1-5,23-26H2,(H,27,36)/t6-,7+,8?,9+,10+,11-,12+,13+,14+,15-,16+,17-,18+,19-,21+,22+/m0/s1. The third-order valence-corrected chi connectivity index (χ3v) is 7.51. The van der Waals surface area contributed by atoms with Crippen LogP contribution in [-0.2, 0) is 23.7 Å². The number of carbonyl (C=O) groups excluding carboxylic acids is 1. The summed E-state index contributed by atoms with van der Waals surface area (Å²) in [6.07, 6.45) is -19.8. The molecule has 40 heavy (non-hydrogen) atoms. The molecule has 3 aliphatic rings. The molecule has 1 unspecified atom stereocenters. The number of rotatable bonds is 10. The van der Waals surface area contributed by atoms with E-state index in [2.05, 4.69) is 5.32 Å². The average Bonchev–Trinajstić information content (AvgIpc) is 2.92. The van der Waals surface area contributed by atoms with Crippen molar-refractivity contribution in [2.45, 2.75) is 111 Å². The van der Waals surface area contributed by atoms with Crippen LogP contribution >= 0.6 is 0 Å². The quantitative estimate of drug-likeness (QED) is 0.113. The molecule has 1 saturated carbocycles. The first-order valence-corrected chi connectivity index (χ1v) is 13.1. The molecule has 2 saturated heterocycles. The molecule has 17 N–H and O–H groups in total. The van der Waals surface area contributed by atoms with Crippen LogP contribution in [0.3, 0.4) is 0 Å². The van der Waals surface area contributed by atoms with Gasteiger partial charge in [0.2, 0.25) is 5.91 Å². The van der Waals surface area contributed by atoms with Crippen LogP contribution < -0.4 is 28.3 Å². The molecule has 0 aromatic heterocycles. The van der Waals surface area contributed by atoms with Gasteiger partial charge in [-0.1, -0.05) is 0 Å². The SMILES string of the molecule is NCCC(O)C(=O)N[C@@H]1C[C@H](N)[C@@H](O[C@H]2O[C@H](CN)[C@@H](O)[C@H](O)[C@H]2O)[C@H](O)[C@H]1O[C@H]1O[C@H](CO)[C@@H](O)[C@H](N)[C@H]1O.